The van der Waals surface area contributed by atoms with Gasteiger partial charge in [-0.25, -0.2) is 9.59 Å². The van der Waals surface area contributed by atoms with Crippen molar-refractivity contribution in [3.05, 3.63) is 35.9 Å². The van der Waals surface area contributed by atoms with Crippen LogP contribution in [0.4, 0.5) is 9.59 Å². The molecule has 0 spiro atoms. The molecule has 1 aliphatic heterocycles. The Morgan fingerprint density at radius 2 is 1.64 bits per heavy atom. The number of carbonyl (C=O) groups is 3. The molecule has 0 bridgehead atoms. The zero-order chi connectivity index (χ0) is 18.1. The number of rotatable bonds is 5. The zero-order valence-electron chi connectivity index (χ0n) is 14.3. The van der Waals surface area contributed by atoms with Crippen LogP contribution in [0.1, 0.15) is 12.5 Å². The summed E-state index contributed by atoms with van der Waals surface area (Å²) in [5.74, 6) is -0.208. The first kappa shape index (κ1) is 18.6. The van der Waals surface area contributed by atoms with Gasteiger partial charge in [-0.1, -0.05) is 30.3 Å². The Bertz CT molecular complexity index is 585. The summed E-state index contributed by atoms with van der Waals surface area (Å²) in [5, 5.41) is 2.45. The van der Waals surface area contributed by atoms with E-state index in [2.05, 4.69) is 5.32 Å². The molecule has 0 saturated carbocycles. The van der Waals surface area contributed by atoms with Crippen LogP contribution in [0.25, 0.3) is 0 Å². The Balaban J connectivity index is 1.65. The van der Waals surface area contributed by atoms with Crippen molar-refractivity contribution in [2.75, 3.05) is 39.3 Å². The maximum atomic E-state index is 12.1. The van der Waals surface area contributed by atoms with Gasteiger partial charge < -0.3 is 24.6 Å². The molecule has 1 heterocycles. The van der Waals surface area contributed by atoms with Gasteiger partial charge in [0.2, 0.25) is 5.91 Å². The number of amides is 3. The molecule has 0 aliphatic carbocycles. The molecule has 8 heteroatoms. The van der Waals surface area contributed by atoms with Crippen LogP contribution in [-0.2, 0) is 20.9 Å². The van der Waals surface area contributed by atoms with E-state index in [1.807, 2.05) is 30.3 Å². The van der Waals surface area contributed by atoms with Crippen LogP contribution in [0.3, 0.4) is 0 Å². The van der Waals surface area contributed by atoms with E-state index < -0.39 is 6.09 Å². The van der Waals surface area contributed by atoms with E-state index >= 15 is 0 Å². The highest BCUT2D eigenvalue weighted by molar-refractivity contribution is 5.82. The van der Waals surface area contributed by atoms with Crippen molar-refractivity contribution >= 4 is 18.1 Å². The van der Waals surface area contributed by atoms with Crippen molar-refractivity contribution in [3.8, 4) is 0 Å². The molecule has 2 rings (SSSR count). The van der Waals surface area contributed by atoms with Crippen molar-refractivity contribution in [3.63, 3.8) is 0 Å². The van der Waals surface area contributed by atoms with Crippen LogP contribution in [0.15, 0.2) is 30.3 Å². The lowest BCUT2D eigenvalue weighted by atomic mass is 10.2. The van der Waals surface area contributed by atoms with Crippen molar-refractivity contribution < 1.29 is 23.9 Å². The number of carbonyl (C=O) groups excluding carboxylic acids is 3. The van der Waals surface area contributed by atoms with E-state index in [9.17, 15) is 14.4 Å². The zero-order valence-corrected chi connectivity index (χ0v) is 14.3. The molecule has 1 aromatic carbocycles. The van der Waals surface area contributed by atoms with Gasteiger partial charge in [-0.15, -0.1) is 0 Å². The summed E-state index contributed by atoms with van der Waals surface area (Å²) in [6.45, 7) is 3.77. The smallest absolute Gasteiger partial charge is 0.409 e. The van der Waals surface area contributed by atoms with Gasteiger partial charge in [0.15, 0.2) is 0 Å². The molecule has 1 N–H and O–H groups in total. The molecule has 25 heavy (non-hydrogen) atoms. The lowest BCUT2D eigenvalue weighted by Gasteiger charge is -2.34. The van der Waals surface area contributed by atoms with Crippen LogP contribution in [0.2, 0.25) is 0 Å². The van der Waals surface area contributed by atoms with Crippen molar-refractivity contribution in [2.24, 2.45) is 0 Å². The predicted octanol–water partition coefficient (Wildman–Crippen LogP) is 1.21. The number of piperazine rings is 1. The Labute approximate surface area is 146 Å². The Hall–Kier alpha value is -2.77. The number of nitrogens with zero attached hydrogens (tertiary/aromatic N) is 2. The second kappa shape index (κ2) is 9.51. The number of ether oxygens (including phenoxy) is 2. The molecule has 1 aliphatic rings. The summed E-state index contributed by atoms with van der Waals surface area (Å²) in [4.78, 5) is 38.5. The third-order valence-corrected chi connectivity index (χ3v) is 3.76. The molecule has 136 valence electrons. The van der Waals surface area contributed by atoms with E-state index in [1.165, 1.54) is 0 Å². The van der Waals surface area contributed by atoms with Gasteiger partial charge >= 0.3 is 12.2 Å². The van der Waals surface area contributed by atoms with Gasteiger partial charge in [0.05, 0.1) is 6.61 Å². The third-order valence-electron chi connectivity index (χ3n) is 3.76. The molecule has 3 amide bonds. The SMILES string of the molecule is CCOC(=O)N1CCN(C(=O)CNC(=O)OCc2ccccc2)CC1. The van der Waals surface area contributed by atoms with Gasteiger partial charge in [-0.05, 0) is 12.5 Å². The summed E-state index contributed by atoms with van der Waals surface area (Å²) < 4.78 is 9.98. The van der Waals surface area contributed by atoms with Gasteiger partial charge in [0.25, 0.3) is 0 Å². The van der Waals surface area contributed by atoms with Crippen molar-refractivity contribution in [1.82, 2.24) is 15.1 Å². The normalized spacial score (nSPS) is 14.0. The molecular formula is C17H23N3O5. The molecule has 1 saturated heterocycles. The molecule has 0 unspecified atom stereocenters. The molecular weight excluding hydrogens is 326 g/mol. The first-order valence-corrected chi connectivity index (χ1v) is 8.24. The van der Waals surface area contributed by atoms with E-state index in [1.54, 1.807) is 16.7 Å². The molecule has 0 atom stereocenters. The Morgan fingerprint density at radius 3 is 2.28 bits per heavy atom. The summed E-state index contributed by atoms with van der Waals surface area (Å²) in [6, 6.07) is 9.29. The van der Waals surface area contributed by atoms with E-state index in [0.717, 1.165) is 5.56 Å². The first-order valence-electron chi connectivity index (χ1n) is 8.24. The van der Waals surface area contributed by atoms with Crippen LogP contribution in [-0.4, -0.2) is 67.2 Å². The molecule has 0 radical (unpaired) electrons. The molecule has 8 nitrogen and oxygen atoms in total. The monoisotopic (exact) mass is 349 g/mol. The summed E-state index contributed by atoms with van der Waals surface area (Å²) >= 11 is 0. The summed E-state index contributed by atoms with van der Waals surface area (Å²) in [7, 11) is 0. The van der Waals surface area contributed by atoms with Crippen LogP contribution < -0.4 is 5.32 Å². The topological polar surface area (TPSA) is 88.2 Å². The fourth-order valence-corrected chi connectivity index (χ4v) is 2.39. The van der Waals surface area contributed by atoms with Crippen LogP contribution in [0, 0.1) is 0 Å². The largest absolute Gasteiger partial charge is 0.450 e. The Morgan fingerprint density at radius 1 is 1.00 bits per heavy atom. The number of hydrogen-bond acceptors (Lipinski definition) is 5. The van der Waals surface area contributed by atoms with E-state index in [0.29, 0.717) is 32.8 Å². The maximum absolute atomic E-state index is 12.1. The minimum Gasteiger partial charge on any atom is -0.450 e. The number of alkyl carbamates (subject to hydrolysis) is 1. The second-order valence-electron chi connectivity index (χ2n) is 5.48. The predicted molar refractivity (Wildman–Crippen MR) is 89.8 cm³/mol. The average molecular weight is 349 g/mol. The number of benzene rings is 1. The molecule has 1 aromatic rings. The number of hydrogen-bond donors (Lipinski definition) is 1. The summed E-state index contributed by atoms with van der Waals surface area (Å²) in [5.41, 5.74) is 0.874. The minimum absolute atomic E-state index is 0.132. The van der Waals surface area contributed by atoms with E-state index in [4.69, 9.17) is 9.47 Å². The van der Waals surface area contributed by atoms with Crippen LogP contribution >= 0.6 is 0 Å². The minimum atomic E-state index is -0.637. The lowest BCUT2D eigenvalue weighted by Crippen LogP contribution is -2.52. The summed E-state index contributed by atoms with van der Waals surface area (Å²) in [6.07, 6.45) is -1.00. The lowest BCUT2D eigenvalue weighted by molar-refractivity contribution is -0.131. The van der Waals surface area contributed by atoms with Gasteiger partial charge in [-0.2, -0.15) is 0 Å². The highest BCUT2D eigenvalue weighted by atomic mass is 16.6. The molecule has 1 fully saturated rings. The third kappa shape index (κ3) is 5.98. The maximum Gasteiger partial charge on any atom is 0.409 e. The molecule has 0 aromatic heterocycles. The standard InChI is InChI=1S/C17H23N3O5/c1-2-24-17(23)20-10-8-19(9-11-20)15(21)12-18-16(22)25-13-14-6-4-3-5-7-14/h3-7H,2,8-13H2,1H3,(H,18,22). The fourth-order valence-electron chi connectivity index (χ4n) is 2.39. The second-order valence-corrected chi connectivity index (χ2v) is 5.48. The highest BCUT2D eigenvalue weighted by Crippen LogP contribution is 2.04. The fraction of sp³-hybridized carbons (Fsp3) is 0.471. The van der Waals surface area contributed by atoms with Crippen LogP contribution in [0.5, 0.6) is 0 Å². The van der Waals surface area contributed by atoms with Crippen molar-refractivity contribution in [2.45, 2.75) is 13.5 Å². The quantitative estimate of drug-likeness (QED) is 0.863. The van der Waals surface area contributed by atoms with E-state index in [-0.39, 0.29) is 25.2 Å². The van der Waals surface area contributed by atoms with Gasteiger partial charge in [0.1, 0.15) is 13.2 Å². The van der Waals surface area contributed by atoms with Gasteiger partial charge in [0, 0.05) is 26.2 Å². The first-order chi connectivity index (χ1) is 12.1. The number of nitrogens with one attached hydrogen (secondary N) is 1. The highest BCUT2D eigenvalue weighted by Gasteiger charge is 2.24. The Kier molecular flexibility index (Phi) is 7.06. The average Bonchev–Trinajstić information content (AvgIpc) is 2.65. The van der Waals surface area contributed by atoms with Gasteiger partial charge in [-0.3, -0.25) is 4.79 Å². The van der Waals surface area contributed by atoms with Crippen molar-refractivity contribution in [1.29, 1.82) is 0 Å².